The van der Waals surface area contributed by atoms with Gasteiger partial charge in [-0.25, -0.2) is 4.79 Å². The lowest BCUT2D eigenvalue weighted by Gasteiger charge is -2.06. The number of carbonyl (C=O) groups is 1. The Kier molecular flexibility index (Phi) is 3.64. The predicted octanol–water partition coefficient (Wildman–Crippen LogP) is 2.84. The number of aromatic nitrogens is 1. The molecule has 0 atom stereocenters. The van der Waals surface area contributed by atoms with Gasteiger partial charge >= 0.3 is 5.97 Å². The maximum absolute atomic E-state index is 10.7. The minimum absolute atomic E-state index is 0.136. The Balaban J connectivity index is 2.45. The van der Waals surface area contributed by atoms with Crippen molar-refractivity contribution < 1.29 is 19.2 Å². The van der Waals surface area contributed by atoms with Gasteiger partial charge in [0.1, 0.15) is 0 Å². The maximum atomic E-state index is 10.7. The standard InChI is InChI=1S/C12H10ClNO4/c1-17-6-7-4-8(13)2-3-9(7)11-5-10(12(15)16)14-18-11/h2-5H,6H2,1H3,(H,15,16). The molecule has 6 heteroatoms. The second-order valence-corrected chi connectivity index (χ2v) is 4.05. The highest BCUT2D eigenvalue weighted by Crippen LogP contribution is 2.27. The molecular formula is C12H10ClNO4. The summed E-state index contributed by atoms with van der Waals surface area (Å²) in [6, 6.07) is 6.54. The Morgan fingerprint density at radius 2 is 2.28 bits per heavy atom. The van der Waals surface area contributed by atoms with E-state index in [2.05, 4.69) is 5.16 Å². The predicted molar refractivity (Wildman–Crippen MR) is 64.6 cm³/mol. The van der Waals surface area contributed by atoms with E-state index >= 15 is 0 Å². The van der Waals surface area contributed by atoms with Crippen molar-refractivity contribution in [3.63, 3.8) is 0 Å². The first kappa shape index (κ1) is 12.6. The van der Waals surface area contributed by atoms with Crippen LogP contribution in [0.5, 0.6) is 0 Å². The van der Waals surface area contributed by atoms with E-state index in [1.165, 1.54) is 6.07 Å². The molecule has 0 fully saturated rings. The fourth-order valence-corrected chi connectivity index (χ4v) is 1.78. The first-order valence-corrected chi connectivity index (χ1v) is 5.47. The van der Waals surface area contributed by atoms with Crippen LogP contribution in [0.3, 0.4) is 0 Å². The van der Waals surface area contributed by atoms with E-state index in [9.17, 15) is 4.79 Å². The molecule has 2 rings (SSSR count). The fourth-order valence-electron chi connectivity index (χ4n) is 1.58. The molecule has 0 bridgehead atoms. The second-order valence-electron chi connectivity index (χ2n) is 3.62. The fraction of sp³-hybridized carbons (Fsp3) is 0.167. The molecule has 0 amide bonds. The maximum Gasteiger partial charge on any atom is 0.358 e. The van der Waals surface area contributed by atoms with E-state index < -0.39 is 5.97 Å². The van der Waals surface area contributed by atoms with Gasteiger partial charge in [-0.3, -0.25) is 0 Å². The van der Waals surface area contributed by atoms with Crippen molar-refractivity contribution in [2.45, 2.75) is 6.61 Å². The molecule has 1 N–H and O–H groups in total. The van der Waals surface area contributed by atoms with Gasteiger partial charge in [-0.1, -0.05) is 16.8 Å². The number of carboxylic acid groups (broad SMARTS) is 1. The third-order valence-electron chi connectivity index (χ3n) is 2.36. The van der Waals surface area contributed by atoms with Gasteiger partial charge in [-0.2, -0.15) is 0 Å². The molecule has 18 heavy (non-hydrogen) atoms. The van der Waals surface area contributed by atoms with Gasteiger partial charge in [0.2, 0.25) is 0 Å². The number of halogens is 1. The molecule has 0 spiro atoms. The SMILES string of the molecule is COCc1cc(Cl)ccc1-c1cc(C(=O)O)no1. The summed E-state index contributed by atoms with van der Waals surface area (Å²) in [5.74, 6) is -0.761. The molecule has 0 unspecified atom stereocenters. The largest absolute Gasteiger partial charge is 0.476 e. The van der Waals surface area contributed by atoms with Crippen molar-refractivity contribution in [2.75, 3.05) is 7.11 Å². The Hall–Kier alpha value is -1.85. The summed E-state index contributed by atoms with van der Waals surface area (Å²) in [6.45, 7) is 0.346. The van der Waals surface area contributed by atoms with Crippen molar-refractivity contribution in [2.24, 2.45) is 0 Å². The smallest absolute Gasteiger partial charge is 0.358 e. The zero-order chi connectivity index (χ0) is 13.1. The van der Waals surface area contributed by atoms with Gasteiger partial charge in [-0.05, 0) is 23.8 Å². The Bertz CT molecular complexity index is 579. The molecule has 0 radical (unpaired) electrons. The number of benzene rings is 1. The molecule has 94 valence electrons. The Morgan fingerprint density at radius 3 is 2.89 bits per heavy atom. The number of aromatic carboxylic acids is 1. The molecule has 0 aliphatic carbocycles. The number of methoxy groups -OCH3 is 1. The van der Waals surface area contributed by atoms with Crippen LogP contribution in [-0.4, -0.2) is 23.3 Å². The lowest BCUT2D eigenvalue weighted by Crippen LogP contribution is -1.94. The third-order valence-corrected chi connectivity index (χ3v) is 2.60. The van der Waals surface area contributed by atoms with Gasteiger partial charge in [0.05, 0.1) is 6.61 Å². The van der Waals surface area contributed by atoms with Crippen LogP contribution in [0, 0.1) is 0 Å². The van der Waals surface area contributed by atoms with Gasteiger partial charge in [0, 0.05) is 23.8 Å². The van der Waals surface area contributed by atoms with E-state index in [0.29, 0.717) is 23.0 Å². The minimum Gasteiger partial charge on any atom is -0.476 e. The van der Waals surface area contributed by atoms with Crippen LogP contribution in [0.1, 0.15) is 16.1 Å². The summed E-state index contributed by atoms with van der Waals surface area (Å²) in [5.41, 5.74) is 1.38. The molecule has 0 aliphatic rings. The van der Waals surface area contributed by atoms with Crippen LogP contribution >= 0.6 is 11.6 Å². The lowest BCUT2D eigenvalue weighted by atomic mass is 10.1. The summed E-state index contributed by atoms with van der Waals surface area (Å²) < 4.78 is 10.1. The molecule has 1 aromatic heterocycles. The molecule has 0 saturated carbocycles. The van der Waals surface area contributed by atoms with Crippen LogP contribution in [-0.2, 0) is 11.3 Å². The van der Waals surface area contributed by atoms with Crippen molar-refractivity contribution in [1.29, 1.82) is 0 Å². The quantitative estimate of drug-likeness (QED) is 0.922. The van der Waals surface area contributed by atoms with Gasteiger partial charge in [-0.15, -0.1) is 0 Å². The van der Waals surface area contributed by atoms with Crippen LogP contribution in [0.25, 0.3) is 11.3 Å². The number of rotatable bonds is 4. The molecule has 1 heterocycles. The summed E-state index contributed by atoms with van der Waals surface area (Å²) in [4.78, 5) is 10.7. The number of nitrogens with zero attached hydrogens (tertiary/aromatic N) is 1. The summed E-state index contributed by atoms with van der Waals surface area (Å²) in [5, 5.41) is 12.8. The molecular weight excluding hydrogens is 258 g/mol. The zero-order valence-electron chi connectivity index (χ0n) is 9.51. The van der Waals surface area contributed by atoms with Crippen molar-refractivity contribution in [1.82, 2.24) is 5.16 Å². The number of ether oxygens (including phenoxy) is 1. The molecule has 0 saturated heterocycles. The van der Waals surface area contributed by atoms with Gasteiger partial charge in [0.25, 0.3) is 0 Å². The van der Waals surface area contributed by atoms with Crippen LogP contribution in [0.2, 0.25) is 5.02 Å². The first-order chi connectivity index (χ1) is 8.61. The van der Waals surface area contributed by atoms with Crippen molar-refractivity contribution in [3.05, 3.63) is 40.5 Å². The van der Waals surface area contributed by atoms with E-state index in [1.807, 2.05) is 0 Å². The summed E-state index contributed by atoms with van der Waals surface area (Å²) >= 11 is 5.90. The van der Waals surface area contributed by atoms with E-state index in [1.54, 1.807) is 25.3 Å². The van der Waals surface area contributed by atoms with E-state index in [4.69, 9.17) is 26.0 Å². The number of hydrogen-bond donors (Lipinski definition) is 1. The van der Waals surface area contributed by atoms with Crippen LogP contribution in [0.4, 0.5) is 0 Å². The second kappa shape index (κ2) is 5.20. The van der Waals surface area contributed by atoms with Gasteiger partial charge < -0.3 is 14.4 Å². The normalized spacial score (nSPS) is 10.6. The zero-order valence-corrected chi connectivity index (χ0v) is 10.3. The molecule has 2 aromatic rings. The monoisotopic (exact) mass is 267 g/mol. The van der Waals surface area contributed by atoms with Crippen molar-refractivity contribution in [3.8, 4) is 11.3 Å². The first-order valence-electron chi connectivity index (χ1n) is 5.09. The average Bonchev–Trinajstić information content (AvgIpc) is 2.79. The number of hydrogen-bond acceptors (Lipinski definition) is 4. The minimum atomic E-state index is -1.13. The Labute approximate surface area is 108 Å². The van der Waals surface area contributed by atoms with Gasteiger partial charge in [0.15, 0.2) is 11.5 Å². The highest BCUT2D eigenvalue weighted by Gasteiger charge is 2.15. The molecule has 0 aliphatic heterocycles. The molecule has 5 nitrogen and oxygen atoms in total. The van der Waals surface area contributed by atoms with E-state index in [0.717, 1.165) is 5.56 Å². The Morgan fingerprint density at radius 1 is 1.50 bits per heavy atom. The number of carboxylic acids is 1. The average molecular weight is 268 g/mol. The topological polar surface area (TPSA) is 72.6 Å². The lowest BCUT2D eigenvalue weighted by molar-refractivity contribution is 0.0686. The van der Waals surface area contributed by atoms with Crippen molar-refractivity contribution >= 4 is 17.6 Å². The summed E-state index contributed by atoms with van der Waals surface area (Å²) in [7, 11) is 1.56. The van der Waals surface area contributed by atoms with E-state index in [-0.39, 0.29) is 5.69 Å². The van der Waals surface area contributed by atoms with Crippen LogP contribution in [0.15, 0.2) is 28.8 Å². The van der Waals surface area contributed by atoms with Crippen LogP contribution < -0.4 is 0 Å². The summed E-state index contributed by atoms with van der Waals surface area (Å²) in [6.07, 6.45) is 0. The highest BCUT2D eigenvalue weighted by atomic mass is 35.5. The molecule has 1 aromatic carbocycles. The highest BCUT2D eigenvalue weighted by molar-refractivity contribution is 6.30. The third kappa shape index (κ3) is 2.52.